The molecule has 0 radical (unpaired) electrons. The van der Waals surface area contributed by atoms with Gasteiger partial charge in [-0.2, -0.15) is 0 Å². The van der Waals surface area contributed by atoms with Gasteiger partial charge in [0.2, 0.25) is 5.50 Å². The first-order valence-electron chi connectivity index (χ1n) is 10.3. The van der Waals surface area contributed by atoms with Crippen molar-refractivity contribution in [3.05, 3.63) is 53.1 Å². The molecule has 2 aliphatic heterocycles. The summed E-state index contributed by atoms with van der Waals surface area (Å²) in [5, 5.41) is 0. The van der Waals surface area contributed by atoms with Crippen LogP contribution < -0.4 is 9.47 Å². The van der Waals surface area contributed by atoms with Crippen LogP contribution in [0.1, 0.15) is 44.5 Å². The molecule has 33 heavy (non-hydrogen) atoms. The first-order valence-corrected chi connectivity index (χ1v) is 11.8. The molecule has 2 aromatic rings. The van der Waals surface area contributed by atoms with E-state index in [0.29, 0.717) is 24.7 Å². The average molecular weight is 481 g/mol. The number of hydrogen-bond donors (Lipinski definition) is 0. The van der Waals surface area contributed by atoms with Crippen molar-refractivity contribution in [2.75, 3.05) is 13.2 Å². The molecule has 10 heteroatoms. The smallest absolute Gasteiger partial charge is 0.230 e. The standard InChI is InChI=1S/C23H23F3N2O4S/c1-13-22(2,3)33(29,30)21(26)23(4,28-13)15-9-14(5-6-16(15)24)10-17(25)18-11-19-20(12-27-18)32-8-7-31-19/h5-6,9-12,21H,7-8H2,1-4H3/b17-10-/t21?,23-/m1/s1. The van der Waals surface area contributed by atoms with Gasteiger partial charge in [-0.15, -0.1) is 0 Å². The first kappa shape index (κ1) is 23.3. The van der Waals surface area contributed by atoms with Crippen molar-refractivity contribution in [1.29, 1.82) is 0 Å². The minimum atomic E-state index is -4.34. The highest BCUT2D eigenvalue weighted by Crippen LogP contribution is 2.44. The summed E-state index contributed by atoms with van der Waals surface area (Å²) in [5.74, 6) is -0.842. The van der Waals surface area contributed by atoms with Crippen LogP contribution in [0.2, 0.25) is 0 Å². The molecule has 0 saturated heterocycles. The number of alkyl halides is 1. The number of sulfone groups is 1. The van der Waals surface area contributed by atoms with Crippen molar-refractivity contribution >= 4 is 27.5 Å². The van der Waals surface area contributed by atoms with Gasteiger partial charge in [-0.1, -0.05) is 6.07 Å². The zero-order valence-electron chi connectivity index (χ0n) is 18.5. The number of nitrogens with zero attached hydrogens (tertiary/aromatic N) is 2. The molecule has 0 spiro atoms. The van der Waals surface area contributed by atoms with Crippen molar-refractivity contribution < 1.29 is 31.1 Å². The predicted octanol–water partition coefficient (Wildman–Crippen LogP) is 4.64. The number of hydrogen-bond acceptors (Lipinski definition) is 6. The molecule has 0 amide bonds. The summed E-state index contributed by atoms with van der Waals surface area (Å²) in [4.78, 5) is 8.27. The fourth-order valence-electron chi connectivity index (χ4n) is 3.80. The minimum Gasteiger partial charge on any atom is -0.486 e. The second-order valence-electron chi connectivity index (χ2n) is 8.66. The van der Waals surface area contributed by atoms with E-state index in [1.54, 1.807) is 0 Å². The molecule has 0 aliphatic carbocycles. The van der Waals surface area contributed by atoms with Crippen LogP contribution in [0.15, 0.2) is 35.5 Å². The number of benzene rings is 1. The Morgan fingerprint density at radius 1 is 1.15 bits per heavy atom. The molecule has 1 aromatic carbocycles. The van der Waals surface area contributed by atoms with E-state index in [1.165, 1.54) is 52.1 Å². The molecule has 6 nitrogen and oxygen atoms in total. The lowest BCUT2D eigenvalue weighted by atomic mass is 9.90. The van der Waals surface area contributed by atoms with Crippen molar-refractivity contribution in [2.45, 2.75) is 43.5 Å². The molecule has 1 aromatic heterocycles. The third kappa shape index (κ3) is 3.70. The Balaban J connectivity index is 1.77. The van der Waals surface area contributed by atoms with Gasteiger partial charge in [-0.25, -0.2) is 26.6 Å². The van der Waals surface area contributed by atoms with E-state index in [1.807, 2.05) is 0 Å². The van der Waals surface area contributed by atoms with Gasteiger partial charge in [0.05, 0.1) is 6.20 Å². The van der Waals surface area contributed by atoms with E-state index in [4.69, 9.17) is 9.47 Å². The predicted molar refractivity (Wildman–Crippen MR) is 119 cm³/mol. The highest BCUT2D eigenvalue weighted by molar-refractivity contribution is 7.94. The van der Waals surface area contributed by atoms with E-state index < -0.39 is 37.3 Å². The van der Waals surface area contributed by atoms with Gasteiger partial charge >= 0.3 is 0 Å². The van der Waals surface area contributed by atoms with Gasteiger partial charge < -0.3 is 9.47 Å². The van der Waals surface area contributed by atoms with Gasteiger partial charge in [0, 0.05) is 17.3 Å². The molecule has 0 saturated carbocycles. The first-order chi connectivity index (χ1) is 15.4. The number of halogens is 3. The molecule has 3 heterocycles. The van der Waals surface area contributed by atoms with E-state index >= 15 is 4.39 Å². The summed E-state index contributed by atoms with van der Waals surface area (Å²) in [6.07, 6.45) is 2.43. The van der Waals surface area contributed by atoms with Crippen LogP contribution >= 0.6 is 0 Å². The molecule has 2 aliphatic rings. The van der Waals surface area contributed by atoms with E-state index in [-0.39, 0.29) is 22.5 Å². The number of fused-ring (bicyclic) bond motifs is 1. The number of pyridine rings is 1. The second-order valence-corrected chi connectivity index (χ2v) is 11.2. The molecule has 0 fully saturated rings. The van der Waals surface area contributed by atoms with Gasteiger partial charge in [0.15, 0.2) is 21.3 Å². The Hall–Kier alpha value is -2.88. The van der Waals surface area contributed by atoms with Crippen LogP contribution in [-0.2, 0) is 15.4 Å². The lowest BCUT2D eigenvalue weighted by molar-refractivity contribution is 0.170. The number of rotatable bonds is 3. The molecular weight excluding hydrogens is 457 g/mol. The maximum Gasteiger partial charge on any atom is 0.230 e. The van der Waals surface area contributed by atoms with E-state index in [0.717, 1.165) is 12.1 Å². The SMILES string of the molecule is CC1=N[C@](C)(c2cc(/C=C(\F)c3cc4c(cn3)OCCO4)ccc2F)C(F)S(=O)(=O)C1(C)C. The summed E-state index contributed by atoms with van der Waals surface area (Å²) < 4.78 is 80.0. The molecule has 176 valence electrons. The van der Waals surface area contributed by atoms with Gasteiger partial charge in [0.1, 0.15) is 40.8 Å². The highest BCUT2D eigenvalue weighted by Gasteiger charge is 2.57. The van der Waals surface area contributed by atoms with Crippen LogP contribution in [0.4, 0.5) is 13.2 Å². The maximum absolute atomic E-state index is 15.4. The topological polar surface area (TPSA) is 77.9 Å². The monoisotopic (exact) mass is 480 g/mol. The zero-order chi connectivity index (χ0) is 24.2. The van der Waals surface area contributed by atoms with Crippen molar-refractivity contribution in [3.8, 4) is 11.5 Å². The molecule has 1 unspecified atom stereocenters. The Labute approximate surface area is 190 Å². The maximum atomic E-state index is 15.4. The Morgan fingerprint density at radius 2 is 1.82 bits per heavy atom. The lowest BCUT2D eigenvalue weighted by Crippen LogP contribution is -2.55. The average Bonchev–Trinajstić information content (AvgIpc) is 2.78. The van der Waals surface area contributed by atoms with Gasteiger partial charge in [0.25, 0.3) is 0 Å². The van der Waals surface area contributed by atoms with Crippen LogP contribution in [-0.4, -0.2) is 42.6 Å². The van der Waals surface area contributed by atoms with Gasteiger partial charge in [-0.3, -0.25) is 4.99 Å². The van der Waals surface area contributed by atoms with E-state index in [2.05, 4.69) is 9.98 Å². The summed E-state index contributed by atoms with van der Waals surface area (Å²) in [6.45, 7) is 6.10. The van der Waals surface area contributed by atoms with Crippen LogP contribution in [0.3, 0.4) is 0 Å². The molecule has 4 rings (SSSR count). The van der Waals surface area contributed by atoms with E-state index in [9.17, 15) is 17.2 Å². The van der Waals surface area contributed by atoms with Crippen molar-refractivity contribution in [3.63, 3.8) is 0 Å². The number of ether oxygens (including phenoxy) is 2. The summed E-state index contributed by atoms with van der Waals surface area (Å²) >= 11 is 0. The zero-order valence-corrected chi connectivity index (χ0v) is 19.3. The molecular formula is C23H23F3N2O4S. The fraction of sp³-hybridized carbons (Fsp3) is 0.391. The van der Waals surface area contributed by atoms with Crippen LogP contribution in [0.5, 0.6) is 11.5 Å². The third-order valence-corrected chi connectivity index (χ3v) is 8.92. The second kappa shape index (κ2) is 7.86. The number of aliphatic imine (C=N–C) groups is 1. The molecule has 0 N–H and O–H groups in total. The van der Waals surface area contributed by atoms with Crippen LogP contribution in [0, 0.1) is 5.82 Å². The highest BCUT2D eigenvalue weighted by atomic mass is 32.2. The van der Waals surface area contributed by atoms with Crippen molar-refractivity contribution in [2.24, 2.45) is 4.99 Å². The molecule has 0 bridgehead atoms. The molecule has 2 atom stereocenters. The quantitative estimate of drug-likeness (QED) is 0.640. The van der Waals surface area contributed by atoms with Crippen molar-refractivity contribution in [1.82, 2.24) is 4.98 Å². The Bertz CT molecular complexity index is 1290. The summed E-state index contributed by atoms with van der Waals surface area (Å²) in [5.41, 5.74) is -4.49. The number of aromatic nitrogens is 1. The summed E-state index contributed by atoms with van der Waals surface area (Å²) in [6, 6.07) is 4.91. The Kier molecular flexibility index (Phi) is 5.55. The normalized spacial score (nSPS) is 26.0. The fourth-order valence-corrected chi connectivity index (χ4v) is 5.56. The summed E-state index contributed by atoms with van der Waals surface area (Å²) in [7, 11) is -4.34. The van der Waals surface area contributed by atoms with Crippen LogP contribution in [0.25, 0.3) is 11.9 Å². The lowest BCUT2D eigenvalue weighted by Gasteiger charge is -2.41. The van der Waals surface area contributed by atoms with Gasteiger partial charge in [-0.05, 0) is 51.5 Å². The minimum absolute atomic E-state index is 0.0319. The largest absolute Gasteiger partial charge is 0.486 e. The Morgan fingerprint density at radius 3 is 2.52 bits per heavy atom. The third-order valence-electron chi connectivity index (χ3n) is 6.20.